The van der Waals surface area contributed by atoms with Gasteiger partial charge < -0.3 is 4.74 Å². The van der Waals surface area contributed by atoms with E-state index in [0.29, 0.717) is 23.0 Å². The van der Waals surface area contributed by atoms with E-state index in [0.717, 1.165) is 21.5 Å². The SMILES string of the molecule is COc1cccc(/C=C/C2=NN(c3cccc(S(=O)(=O)O)c3)C3(C2)SCC(=O)N3c2nc3ccccc3s2)c1. The number of nitrogens with zero attached hydrogens (tertiary/aromatic N) is 4. The lowest BCUT2D eigenvalue weighted by atomic mass is 10.1. The van der Waals surface area contributed by atoms with Crippen LogP contribution >= 0.6 is 23.1 Å². The Kier molecular flexibility index (Phi) is 6.42. The van der Waals surface area contributed by atoms with E-state index < -0.39 is 15.1 Å². The molecule has 0 saturated carbocycles. The van der Waals surface area contributed by atoms with E-state index in [1.165, 1.54) is 41.3 Å². The molecule has 39 heavy (non-hydrogen) atoms. The number of carbonyl (C=O) groups is 1. The van der Waals surface area contributed by atoms with Crippen LogP contribution in [0.1, 0.15) is 12.0 Å². The minimum atomic E-state index is -4.45. The number of carbonyl (C=O) groups excluding carboxylic acids is 1. The number of allylic oxidation sites excluding steroid dienone is 1. The molecule has 6 rings (SSSR count). The van der Waals surface area contributed by atoms with Crippen LogP contribution in [-0.4, -0.2) is 47.4 Å². The number of rotatable bonds is 6. The summed E-state index contributed by atoms with van der Waals surface area (Å²) in [6, 6.07) is 21.2. The second-order valence-corrected chi connectivity index (χ2v) is 12.5. The minimum absolute atomic E-state index is 0.122. The van der Waals surface area contributed by atoms with E-state index in [4.69, 9.17) is 14.8 Å². The van der Waals surface area contributed by atoms with Crippen LogP contribution in [0.15, 0.2) is 88.9 Å². The maximum Gasteiger partial charge on any atom is 0.294 e. The molecule has 0 aliphatic carbocycles. The van der Waals surface area contributed by atoms with Crippen molar-refractivity contribution in [1.29, 1.82) is 0 Å². The van der Waals surface area contributed by atoms with Crippen LogP contribution in [0.3, 0.4) is 0 Å². The van der Waals surface area contributed by atoms with Crippen LogP contribution in [-0.2, 0) is 14.9 Å². The van der Waals surface area contributed by atoms with Gasteiger partial charge in [0, 0.05) is 6.42 Å². The zero-order valence-corrected chi connectivity index (χ0v) is 23.0. The van der Waals surface area contributed by atoms with E-state index in [-0.39, 0.29) is 16.6 Å². The number of hydrazone groups is 1. The van der Waals surface area contributed by atoms with Crippen molar-refractivity contribution in [2.24, 2.45) is 5.10 Å². The summed E-state index contributed by atoms with van der Waals surface area (Å²) in [6.07, 6.45) is 4.15. The maximum absolute atomic E-state index is 13.4. The maximum atomic E-state index is 13.4. The number of fused-ring (bicyclic) bond motifs is 1. The zero-order chi connectivity index (χ0) is 27.2. The Labute approximate surface area is 233 Å². The number of hydrogen-bond donors (Lipinski definition) is 1. The first-order chi connectivity index (χ1) is 18.8. The number of methoxy groups -OCH3 is 1. The van der Waals surface area contributed by atoms with Gasteiger partial charge in [0.15, 0.2) is 10.1 Å². The molecule has 2 aliphatic heterocycles. The molecule has 2 aliphatic rings. The normalized spacial score (nSPS) is 19.5. The molecular formula is C27H22N4O5S3. The van der Waals surface area contributed by atoms with Crippen LogP contribution in [0.25, 0.3) is 16.3 Å². The van der Waals surface area contributed by atoms with Gasteiger partial charge in [-0.25, -0.2) is 9.99 Å². The largest absolute Gasteiger partial charge is 0.497 e. The van der Waals surface area contributed by atoms with E-state index in [1.54, 1.807) is 23.1 Å². The van der Waals surface area contributed by atoms with Crippen molar-refractivity contribution in [3.63, 3.8) is 0 Å². The van der Waals surface area contributed by atoms with Gasteiger partial charge in [0.25, 0.3) is 10.1 Å². The third-order valence-corrected chi connectivity index (χ3v) is 9.62. The number of benzene rings is 3. The summed E-state index contributed by atoms with van der Waals surface area (Å²) in [5.41, 5.74) is 2.80. The number of thiazole rings is 1. The van der Waals surface area contributed by atoms with Crippen LogP contribution in [0.4, 0.5) is 10.8 Å². The average molecular weight is 579 g/mol. The first-order valence-electron chi connectivity index (χ1n) is 11.9. The molecule has 198 valence electrons. The summed E-state index contributed by atoms with van der Waals surface area (Å²) in [5.74, 6) is 0.806. The molecule has 1 unspecified atom stereocenters. The smallest absolute Gasteiger partial charge is 0.294 e. The summed E-state index contributed by atoms with van der Waals surface area (Å²) in [6.45, 7) is 0. The lowest BCUT2D eigenvalue weighted by Gasteiger charge is -2.39. The van der Waals surface area contributed by atoms with Gasteiger partial charge in [0.1, 0.15) is 5.75 Å². The van der Waals surface area contributed by atoms with Crippen molar-refractivity contribution in [2.45, 2.75) is 16.3 Å². The fourth-order valence-electron chi connectivity index (χ4n) is 4.62. The second kappa shape index (κ2) is 9.79. The molecule has 1 N–H and O–H groups in total. The van der Waals surface area contributed by atoms with E-state index >= 15 is 0 Å². The van der Waals surface area contributed by atoms with Gasteiger partial charge in [0.2, 0.25) is 5.91 Å². The summed E-state index contributed by atoms with van der Waals surface area (Å²) >= 11 is 2.82. The number of hydrogen-bond acceptors (Lipinski definition) is 9. The van der Waals surface area contributed by atoms with Crippen molar-refractivity contribution in [2.75, 3.05) is 22.8 Å². The molecule has 0 bridgehead atoms. The number of amides is 1. The number of thioether (sulfide) groups is 1. The standard InChI is InChI=1S/C27H22N4O5S3/c1-36-21-8-4-6-18(14-21)12-13-19-16-27(31(29-19)20-7-5-9-22(15-20)39(33,34)35)30(25(32)17-37-27)26-28-23-10-2-3-11-24(23)38-26/h2-15H,16-17H2,1H3,(H,33,34,35)/b13-12+. The number of ether oxygens (including phenoxy) is 1. The van der Waals surface area contributed by atoms with Crippen molar-refractivity contribution in [3.8, 4) is 5.75 Å². The predicted molar refractivity (Wildman–Crippen MR) is 155 cm³/mol. The molecule has 1 fully saturated rings. The summed E-state index contributed by atoms with van der Waals surface area (Å²) < 4.78 is 39.8. The molecule has 1 saturated heterocycles. The molecule has 3 aromatic carbocycles. The first kappa shape index (κ1) is 25.6. The number of aromatic nitrogens is 1. The highest BCUT2D eigenvalue weighted by molar-refractivity contribution is 8.02. The van der Waals surface area contributed by atoms with Gasteiger partial charge in [0.05, 0.1) is 39.4 Å². The summed E-state index contributed by atoms with van der Waals surface area (Å²) in [5, 5.41) is 7.05. The zero-order valence-electron chi connectivity index (χ0n) is 20.6. The Morgan fingerprint density at radius 3 is 2.67 bits per heavy atom. The van der Waals surface area contributed by atoms with Gasteiger partial charge in [-0.2, -0.15) is 13.5 Å². The van der Waals surface area contributed by atoms with Crippen LogP contribution in [0.2, 0.25) is 0 Å². The highest BCUT2D eigenvalue weighted by atomic mass is 32.2. The molecule has 1 aromatic heterocycles. The van der Waals surface area contributed by atoms with Crippen LogP contribution < -0.4 is 14.6 Å². The van der Waals surface area contributed by atoms with Crippen molar-refractivity contribution in [3.05, 3.63) is 84.4 Å². The number of para-hydroxylation sites is 1. The third-order valence-electron chi connectivity index (χ3n) is 6.39. The van der Waals surface area contributed by atoms with Crippen LogP contribution in [0, 0.1) is 0 Å². The van der Waals surface area contributed by atoms with Crippen molar-refractivity contribution < 1.29 is 22.5 Å². The second-order valence-electron chi connectivity index (χ2n) is 8.89. The summed E-state index contributed by atoms with van der Waals surface area (Å²) in [4.78, 5) is 18.5. The molecule has 4 aromatic rings. The predicted octanol–water partition coefficient (Wildman–Crippen LogP) is 5.26. The average Bonchev–Trinajstić information content (AvgIpc) is 3.62. The fraction of sp³-hybridized carbons (Fsp3) is 0.148. The van der Waals surface area contributed by atoms with E-state index in [9.17, 15) is 17.8 Å². The van der Waals surface area contributed by atoms with Crippen LogP contribution in [0.5, 0.6) is 5.75 Å². The molecule has 3 heterocycles. The van der Waals surface area contributed by atoms with Gasteiger partial charge in [-0.15, -0.1) is 0 Å². The fourth-order valence-corrected chi connectivity index (χ4v) is 7.56. The highest BCUT2D eigenvalue weighted by Gasteiger charge is 2.56. The van der Waals surface area contributed by atoms with E-state index in [1.807, 2.05) is 60.7 Å². The van der Waals surface area contributed by atoms with Gasteiger partial charge in [-0.1, -0.05) is 59.5 Å². The minimum Gasteiger partial charge on any atom is -0.497 e. The summed E-state index contributed by atoms with van der Waals surface area (Å²) in [7, 11) is -2.84. The molecular weight excluding hydrogens is 557 g/mol. The van der Waals surface area contributed by atoms with E-state index in [2.05, 4.69) is 0 Å². The third kappa shape index (κ3) is 4.69. The Morgan fingerprint density at radius 1 is 1.05 bits per heavy atom. The molecule has 1 spiro atoms. The van der Waals surface area contributed by atoms with Gasteiger partial charge in [-0.3, -0.25) is 14.2 Å². The van der Waals surface area contributed by atoms with Crippen molar-refractivity contribution >= 4 is 71.9 Å². The van der Waals surface area contributed by atoms with Crippen molar-refractivity contribution in [1.82, 2.24) is 4.98 Å². The highest BCUT2D eigenvalue weighted by Crippen LogP contribution is 2.51. The molecule has 1 atom stereocenters. The Morgan fingerprint density at radius 2 is 1.87 bits per heavy atom. The monoisotopic (exact) mass is 578 g/mol. The number of anilines is 2. The molecule has 9 nitrogen and oxygen atoms in total. The quantitative estimate of drug-likeness (QED) is 0.308. The lowest BCUT2D eigenvalue weighted by molar-refractivity contribution is -0.116. The van der Waals surface area contributed by atoms with Gasteiger partial charge in [-0.05, 0) is 54.1 Å². The molecule has 0 radical (unpaired) electrons. The Bertz CT molecular complexity index is 1730. The Hall–Kier alpha value is -3.71. The topological polar surface area (TPSA) is 112 Å². The van der Waals surface area contributed by atoms with Gasteiger partial charge >= 0.3 is 0 Å². The lowest BCUT2D eigenvalue weighted by Crippen LogP contribution is -2.53. The first-order valence-corrected chi connectivity index (χ1v) is 15.1. The molecule has 1 amide bonds. The Balaban J connectivity index is 1.46. The molecule has 12 heteroatoms.